The average Bonchev–Trinajstić information content (AvgIpc) is 3.19. The van der Waals surface area contributed by atoms with Crippen LogP contribution < -0.4 is 19.7 Å². The first kappa shape index (κ1) is 21.3. The van der Waals surface area contributed by atoms with Gasteiger partial charge in [0.2, 0.25) is 5.91 Å². The van der Waals surface area contributed by atoms with E-state index in [4.69, 9.17) is 9.47 Å². The largest absolute Gasteiger partial charge is 0.497 e. The van der Waals surface area contributed by atoms with Gasteiger partial charge in [0, 0.05) is 44.6 Å². The number of ketones is 1. The lowest BCUT2D eigenvalue weighted by molar-refractivity contribution is -0.117. The fourth-order valence-electron chi connectivity index (χ4n) is 4.92. The second kappa shape index (κ2) is 8.42. The third kappa shape index (κ3) is 4.13. The highest BCUT2D eigenvalue weighted by Crippen LogP contribution is 2.39. The van der Waals surface area contributed by atoms with Crippen LogP contribution >= 0.6 is 0 Å². The van der Waals surface area contributed by atoms with Gasteiger partial charge in [-0.15, -0.1) is 0 Å². The number of para-hydroxylation sites is 1. The van der Waals surface area contributed by atoms with Crippen molar-refractivity contribution in [1.29, 1.82) is 0 Å². The van der Waals surface area contributed by atoms with Gasteiger partial charge in [0.15, 0.2) is 5.78 Å². The van der Waals surface area contributed by atoms with Crippen molar-refractivity contribution in [1.82, 2.24) is 10.2 Å². The van der Waals surface area contributed by atoms with E-state index in [1.807, 2.05) is 42.5 Å². The monoisotopic (exact) mass is 449 g/mol. The highest BCUT2D eigenvalue weighted by atomic mass is 16.5. The van der Waals surface area contributed by atoms with Crippen LogP contribution in [0.25, 0.3) is 0 Å². The van der Waals surface area contributed by atoms with Gasteiger partial charge in [-0.2, -0.15) is 0 Å². The van der Waals surface area contributed by atoms with Gasteiger partial charge in [-0.05, 0) is 36.4 Å². The first-order chi connectivity index (χ1) is 16.0. The molecule has 8 heteroatoms. The molecular weight excluding hydrogens is 422 g/mol. The Morgan fingerprint density at radius 2 is 1.82 bits per heavy atom. The highest BCUT2D eigenvalue weighted by Gasteiger charge is 2.44. The molecule has 2 saturated heterocycles. The van der Waals surface area contributed by atoms with Gasteiger partial charge in [0.1, 0.15) is 17.1 Å². The van der Waals surface area contributed by atoms with Crippen LogP contribution in [0, 0.1) is 0 Å². The standard InChI is InChI=1S/C25H27N3O5/c1-32-19-8-6-18(7-9-19)28-16-17(14-23(28)30)26-24(31)27-12-10-25(11-13-27)15-21(29)20-4-2-3-5-22(20)33-25/h2-9,17H,10-16H2,1H3,(H,26,31). The van der Waals surface area contributed by atoms with Crippen LogP contribution in [0.3, 0.4) is 0 Å². The minimum atomic E-state index is -0.545. The minimum absolute atomic E-state index is 0.0177. The topological polar surface area (TPSA) is 88.2 Å². The molecule has 2 fully saturated rings. The maximum Gasteiger partial charge on any atom is 0.317 e. The Morgan fingerprint density at radius 1 is 1.09 bits per heavy atom. The van der Waals surface area contributed by atoms with Crippen molar-refractivity contribution in [2.45, 2.75) is 37.3 Å². The fraction of sp³-hybridized carbons (Fsp3) is 0.400. The molecule has 8 nitrogen and oxygen atoms in total. The lowest BCUT2D eigenvalue weighted by Gasteiger charge is -2.44. The van der Waals surface area contributed by atoms with E-state index in [1.54, 1.807) is 23.0 Å². The van der Waals surface area contributed by atoms with Gasteiger partial charge in [-0.3, -0.25) is 9.59 Å². The first-order valence-corrected chi connectivity index (χ1v) is 11.3. The van der Waals surface area contributed by atoms with Crippen molar-refractivity contribution in [3.05, 3.63) is 54.1 Å². The maximum atomic E-state index is 12.9. The molecule has 2 aromatic carbocycles. The number of ether oxygens (including phenoxy) is 2. The van der Waals surface area contributed by atoms with Crippen LogP contribution in [0.15, 0.2) is 48.5 Å². The zero-order chi connectivity index (χ0) is 23.0. The number of likely N-dealkylation sites (tertiary alicyclic amines) is 1. The van der Waals surface area contributed by atoms with Crippen molar-refractivity contribution in [2.24, 2.45) is 0 Å². The zero-order valence-corrected chi connectivity index (χ0v) is 18.6. The molecular formula is C25H27N3O5. The fourth-order valence-corrected chi connectivity index (χ4v) is 4.92. The molecule has 33 heavy (non-hydrogen) atoms. The number of carbonyl (C=O) groups excluding carboxylic acids is 3. The Hall–Kier alpha value is -3.55. The number of benzene rings is 2. The Balaban J connectivity index is 1.17. The molecule has 1 N–H and O–H groups in total. The number of urea groups is 1. The highest BCUT2D eigenvalue weighted by molar-refractivity contribution is 6.00. The third-order valence-electron chi connectivity index (χ3n) is 6.80. The molecule has 0 saturated carbocycles. The molecule has 5 rings (SSSR count). The molecule has 0 aromatic heterocycles. The van der Waals surface area contributed by atoms with Crippen molar-refractivity contribution in [3.8, 4) is 11.5 Å². The van der Waals surface area contributed by atoms with Crippen LogP contribution in [0.2, 0.25) is 0 Å². The van der Waals surface area contributed by atoms with E-state index in [0.717, 1.165) is 11.4 Å². The molecule has 172 valence electrons. The van der Waals surface area contributed by atoms with Crippen molar-refractivity contribution in [3.63, 3.8) is 0 Å². The van der Waals surface area contributed by atoms with Crippen LogP contribution in [0.5, 0.6) is 11.5 Å². The van der Waals surface area contributed by atoms with Crippen LogP contribution in [0.4, 0.5) is 10.5 Å². The molecule has 0 aliphatic carbocycles. The van der Waals surface area contributed by atoms with Gasteiger partial charge >= 0.3 is 6.03 Å². The zero-order valence-electron chi connectivity index (χ0n) is 18.6. The number of nitrogens with zero attached hydrogens (tertiary/aromatic N) is 2. The Morgan fingerprint density at radius 3 is 2.55 bits per heavy atom. The van der Waals surface area contributed by atoms with Gasteiger partial charge in [0.25, 0.3) is 0 Å². The number of piperidine rings is 1. The summed E-state index contributed by atoms with van der Waals surface area (Å²) in [7, 11) is 1.60. The number of anilines is 1. The average molecular weight is 450 g/mol. The predicted molar refractivity (Wildman–Crippen MR) is 122 cm³/mol. The maximum absolute atomic E-state index is 12.9. The summed E-state index contributed by atoms with van der Waals surface area (Å²) in [6, 6.07) is 14.2. The number of methoxy groups -OCH3 is 1. The third-order valence-corrected chi connectivity index (χ3v) is 6.80. The van der Waals surface area contributed by atoms with E-state index in [2.05, 4.69) is 5.32 Å². The number of Topliss-reactive ketones (excluding diaryl/α,β-unsaturated/α-hetero) is 1. The number of carbonyl (C=O) groups is 3. The molecule has 1 unspecified atom stereocenters. The predicted octanol–water partition coefficient (Wildman–Crippen LogP) is 3.01. The van der Waals surface area contributed by atoms with E-state index < -0.39 is 5.60 Å². The Bertz CT molecular complexity index is 1080. The molecule has 3 aliphatic heterocycles. The molecule has 0 radical (unpaired) electrons. The number of fused-ring (bicyclic) bond motifs is 1. The van der Waals surface area contributed by atoms with Crippen LogP contribution in [0.1, 0.15) is 36.0 Å². The van der Waals surface area contributed by atoms with E-state index >= 15 is 0 Å². The number of nitrogens with one attached hydrogen (secondary N) is 1. The van der Waals surface area contributed by atoms with E-state index in [9.17, 15) is 14.4 Å². The van der Waals surface area contributed by atoms with Gasteiger partial charge < -0.3 is 24.6 Å². The smallest absolute Gasteiger partial charge is 0.317 e. The summed E-state index contributed by atoms with van der Waals surface area (Å²) in [5.74, 6) is 1.44. The Kier molecular flexibility index (Phi) is 5.44. The minimum Gasteiger partial charge on any atom is -0.497 e. The van der Waals surface area contributed by atoms with E-state index in [-0.39, 0.29) is 30.2 Å². The number of amides is 3. The molecule has 1 spiro atoms. The summed E-state index contributed by atoms with van der Waals surface area (Å²) >= 11 is 0. The summed E-state index contributed by atoms with van der Waals surface area (Å²) in [5.41, 5.74) is 0.879. The normalized spacial score (nSPS) is 21.5. The summed E-state index contributed by atoms with van der Waals surface area (Å²) in [4.78, 5) is 41.4. The molecule has 0 bridgehead atoms. The molecule has 1 atom stereocenters. The summed E-state index contributed by atoms with van der Waals surface area (Å²) < 4.78 is 11.4. The number of hydrogen-bond donors (Lipinski definition) is 1. The van der Waals surface area contributed by atoms with Crippen LogP contribution in [-0.2, 0) is 4.79 Å². The second-order valence-corrected chi connectivity index (χ2v) is 8.92. The lowest BCUT2D eigenvalue weighted by Crippen LogP contribution is -2.55. The van der Waals surface area contributed by atoms with Gasteiger partial charge in [-0.25, -0.2) is 4.79 Å². The van der Waals surface area contributed by atoms with Crippen LogP contribution in [-0.4, -0.2) is 61.0 Å². The van der Waals surface area contributed by atoms with Crippen molar-refractivity contribution in [2.75, 3.05) is 31.6 Å². The van der Waals surface area contributed by atoms with E-state index in [1.165, 1.54) is 0 Å². The van der Waals surface area contributed by atoms with Gasteiger partial charge in [-0.1, -0.05) is 12.1 Å². The van der Waals surface area contributed by atoms with Crippen molar-refractivity contribution < 1.29 is 23.9 Å². The quantitative estimate of drug-likeness (QED) is 0.778. The molecule has 3 amide bonds. The second-order valence-electron chi connectivity index (χ2n) is 8.92. The summed E-state index contributed by atoms with van der Waals surface area (Å²) in [6.07, 6.45) is 1.81. The number of rotatable bonds is 3. The van der Waals surface area contributed by atoms with Gasteiger partial charge in [0.05, 0.1) is 25.1 Å². The summed E-state index contributed by atoms with van der Waals surface area (Å²) in [5, 5.41) is 3.01. The van der Waals surface area contributed by atoms with E-state index in [0.29, 0.717) is 50.2 Å². The first-order valence-electron chi connectivity index (χ1n) is 11.3. The van der Waals surface area contributed by atoms with Crippen molar-refractivity contribution >= 4 is 23.4 Å². The molecule has 2 aromatic rings. The summed E-state index contributed by atoms with van der Waals surface area (Å²) in [6.45, 7) is 1.44. The molecule has 3 heterocycles. The SMILES string of the molecule is COc1ccc(N2CC(NC(=O)N3CCC4(CC3)CC(=O)c3ccccc3O4)CC2=O)cc1. The lowest BCUT2D eigenvalue weighted by atomic mass is 9.82. The number of hydrogen-bond acceptors (Lipinski definition) is 5. The molecule has 3 aliphatic rings. The Labute approximate surface area is 192 Å².